The number of likely N-dealkylation sites (N-methyl/N-ethyl adjacent to an activating group) is 1. The van der Waals surface area contributed by atoms with Crippen molar-refractivity contribution in [2.75, 3.05) is 37.6 Å². The van der Waals surface area contributed by atoms with E-state index in [1.807, 2.05) is 60.7 Å². The summed E-state index contributed by atoms with van der Waals surface area (Å²) in [7, 11) is 0. The summed E-state index contributed by atoms with van der Waals surface area (Å²) in [5.74, 6) is -4.02. The van der Waals surface area contributed by atoms with Crippen molar-refractivity contribution < 1.29 is 34.9 Å². The van der Waals surface area contributed by atoms with E-state index in [9.17, 15) is 9.59 Å². The second-order valence-electron chi connectivity index (χ2n) is 8.85. The summed E-state index contributed by atoms with van der Waals surface area (Å²) in [5, 5.41) is 23.9. The summed E-state index contributed by atoms with van der Waals surface area (Å²) in [6.45, 7) is 7.38. The van der Waals surface area contributed by atoms with Crippen molar-refractivity contribution in [3.05, 3.63) is 102 Å². The SMILES string of the molecule is CCN(CC)CCN(CC(=O)N(Cc1ccccc1)c1ccccc1)C(=O)c1ccc(C#N)cc1.O.O=C(O)C(=O)O. The molecule has 11 nitrogen and oxygen atoms in total. The van der Waals surface area contributed by atoms with Crippen molar-refractivity contribution in [2.45, 2.75) is 20.4 Å². The molecule has 11 heteroatoms. The third kappa shape index (κ3) is 11.2. The van der Waals surface area contributed by atoms with Gasteiger partial charge in [0.1, 0.15) is 6.54 Å². The van der Waals surface area contributed by atoms with Crippen LogP contribution < -0.4 is 4.90 Å². The van der Waals surface area contributed by atoms with Crippen LogP contribution in [0, 0.1) is 11.3 Å². The Bertz CT molecular complexity index is 1310. The first kappa shape index (κ1) is 35.0. The monoisotopic (exact) mass is 576 g/mol. The third-order valence-electron chi connectivity index (χ3n) is 6.19. The summed E-state index contributed by atoms with van der Waals surface area (Å²) < 4.78 is 0. The number of anilines is 1. The van der Waals surface area contributed by atoms with Crippen LogP contribution in [0.5, 0.6) is 0 Å². The molecule has 2 amide bonds. The lowest BCUT2D eigenvalue weighted by atomic mass is 10.1. The number of benzene rings is 3. The molecule has 0 aliphatic rings. The molecule has 0 spiro atoms. The number of hydrogen-bond donors (Lipinski definition) is 2. The topological polar surface area (TPSA) is 174 Å². The molecule has 0 fully saturated rings. The molecule has 222 valence electrons. The Morgan fingerprint density at radius 3 is 1.76 bits per heavy atom. The fraction of sp³-hybridized carbons (Fsp3) is 0.258. The van der Waals surface area contributed by atoms with E-state index in [0.717, 1.165) is 24.3 Å². The third-order valence-corrected chi connectivity index (χ3v) is 6.19. The molecule has 0 aliphatic carbocycles. The molecule has 0 heterocycles. The summed E-state index contributed by atoms with van der Waals surface area (Å²) >= 11 is 0. The lowest BCUT2D eigenvalue weighted by molar-refractivity contribution is -0.159. The molecule has 3 aromatic carbocycles. The first-order chi connectivity index (χ1) is 19.7. The molecular formula is C31H36N4O7. The molecule has 0 saturated carbocycles. The van der Waals surface area contributed by atoms with Crippen LogP contribution in [0.1, 0.15) is 35.3 Å². The number of hydrogen-bond acceptors (Lipinski definition) is 6. The fourth-order valence-electron chi connectivity index (χ4n) is 3.87. The first-order valence-corrected chi connectivity index (χ1v) is 13.1. The quantitative estimate of drug-likeness (QED) is 0.328. The molecule has 0 atom stereocenters. The van der Waals surface area contributed by atoms with Gasteiger partial charge in [-0.05, 0) is 55.1 Å². The number of carboxylic acid groups (broad SMARTS) is 2. The van der Waals surface area contributed by atoms with E-state index in [1.54, 1.807) is 34.1 Å². The normalized spacial score (nSPS) is 9.86. The number of aliphatic carboxylic acids is 2. The highest BCUT2D eigenvalue weighted by atomic mass is 16.4. The average molecular weight is 577 g/mol. The number of amides is 2. The van der Waals surface area contributed by atoms with E-state index >= 15 is 0 Å². The zero-order chi connectivity index (χ0) is 30.2. The van der Waals surface area contributed by atoms with Gasteiger partial charge in [0.15, 0.2) is 0 Å². The molecular weight excluding hydrogens is 540 g/mol. The molecule has 4 N–H and O–H groups in total. The first-order valence-electron chi connectivity index (χ1n) is 13.1. The van der Waals surface area contributed by atoms with Crippen LogP contribution in [0.25, 0.3) is 0 Å². The van der Waals surface area contributed by atoms with Gasteiger partial charge in [0, 0.05) is 24.3 Å². The van der Waals surface area contributed by atoms with E-state index < -0.39 is 11.9 Å². The minimum Gasteiger partial charge on any atom is -0.473 e. The molecule has 0 bridgehead atoms. The van der Waals surface area contributed by atoms with Crippen molar-refractivity contribution in [3.63, 3.8) is 0 Å². The van der Waals surface area contributed by atoms with Gasteiger partial charge >= 0.3 is 11.9 Å². The lowest BCUT2D eigenvalue weighted by Crippen LogP contribution is -2.45. The molecule has 0 unspecified atom stereocenters. The number of carbonyl (C=O) groups excluding carboxylic acids is 2. The van der Waals surface area contributed by atoms with Gasteiger partial charge in [-0.3, -0.25) is 9.59 Å². The predicted molar refractivity (Wildman–Crippen MR) is 158 cm³/mol. The zero-order valence-corrected chi connectivity index (χ0v) is 23.6. The lowest BCUT2D eigenvalue weighted by Gasteiger charge is -2.29. The Balaban J connectivity index is 0.00000114. The largest absolute Gasteiger partial charge is 0.473 e. The van der Waals surface area contributed by atoms with Crippen LogP contribution in [0.15, 0.2) is 84.9 Å². The predicted octanol–water partition coefficient (Wildman–Crippen LogP) is 2.91. The number of para-hydroxylation sites is 1. The van der Waals surface area contributed by atoms with Crippen molar-refractivity contribution >= 4 is 29.4 Å². The highest BCUT2D eigenvalue weighted by Crippen LogP contribution is 2.18. The van der Waals surface area contributed by atoms with Crippen molar-refractivity contribution in [3.8, 4) is 6.07 Å². The van der Waals surface area contributed by atoms with Crippen LogP contribution in [-0.4, -0.2) is 82.0 Å². The average Bonchev–Trinajstić information content (AvgIpc) is 3.00. The zero-order valence-electron chi connectivity index (χ0n) is 23.6. The van der Waals surface area contributed by atoms with Crippen LogP contribution in [-0.2, 0) is 20.9 Å². The summed E-state index contributed by atoms with van der Waals surface area (Å²) in [6.07, 6.45) is 0. The second kappa shape index (κ2) is 18.3. The number of carboxylic acids is 2. The maximum atomic E-state index is 13.7. The van der Waals surface area contributed by atoms with Gasteiger partial charge < -0.3 is 30.4 Å². The summed E-state index contributed by atoms with van der Waals surface area (Å²) in [4.78, 5) is 50.9. The van der Waals surface area contributed by atoms with E-state index in [1.165, 1.54) is 0 Å². The van der Waals surface area contributed by atoms with Crippen LogP contribution in [0.4, 0.5) is 5.69 Å². The fourth-order valence-corrected chi connectivity index (χ4v) is 3.87. The Labute approximate surface area is 245 Å². The maximum absolute atomic E-state index is 13.7. The summed E-state index contributed by atoms with van der Waals surface area (Å²) in [6, 6.07) is 28.0. The van der Waals surface area contributed by atoms with E-state index in [-0.39, 0.29) is 23.8 Å². The van der Waals surface area contributed by atoms with Crippen LogP contribution >= 0.6 is 0 Å². The highest BCUT2D eigenvalue weighted by molar-refractivity contribution is 6.27. The van der Waals surface area contributed by atoms with Crippen LogP contribution in [0.3, 0.4) is 0 Å². The highest BCUT2D eigenvalue weighted by Gasteiger charge is 2.24. The number of nitriles is 1. The van der Waals surface area contributed by atoms with E-state index in [0.29, 0.717) is 30.8 Å². The minimum atomic E-state index is -1.82. The van der Waals surface area contributed by atoms with Gasteiger partial charge in [-0.2, -0.15) is 5.26 Å². The van der Waals surface area contributed by atoms with Crippen molar-refractivity contribution in [2.24, 2.45) is 0 Å². The molecule has 3 aromatic rings. The number of rotatable bonds is 11. The van der Waals surface area contributed by atoms with E-state index in [2.05, 4.69) is 24.8 Å². The Morgan fingerprint density at radius 1 is 0.762 bits per heavy atom. The van der Waals surface area contributed by atoms with Gasteiger partial charge in [-0.15, -0.1) is 0 Å². The van der Waals surface area contributed by atoms with Crippen molar-refractivity contribution in [1.82, 2.24) is 9.80 Å². The van der Waals surface area contributed by atoms with Gasteiger partial charge in [0.05, 0.1) is 18.2 Å². The van der Waals surface area contributed by atoms with Gasteiger partial charge in [-0.1, -0.05) is 62.4 Å². The minimum absolute atomic E-state index is 0. The van der Waals surface area contributed by atoms with Gasteiger partial charge in [0.25, 0.3) is 5.91 Å². The molecule has 0 saturated heterocycles. The van der Waals surface area contributed by atoms with Crippen molar-refractivity contribution in [1.29, 1.82) is 5.26 Å². The molecule has 3 rings (SSSR count). The molecule has 42 heavy (non-hydrogen) atoms. The van der Waals surface area contributed by atoms with Gasteiger partial charge in [0.2, 0.25) is 5.91 Å². The molecule has 0 radical (unpaired) electrons. The molecule has 0 aromatic heterocycles. The Hall–Kier alpha value is -5.05. The maximum Gasteiger partial charge on any atom is 0.414 e. The Kier molecular flexibility index (Phi) is 15.3. The van der Waals surface area contributed by atoms with E-state index in [4.69, 9.17) is 25.1 Å². The number of nitrogens with zero attached hydrogens (tertiary/aromatic N) is 4. The standard InChI is InChI=1S/C29H32N4O2.C2H2O4.H2O/c1-3-31(4-2)19-20-32(29(35)26-17-15-24(21-30)16-18-26)23-28(34)33(27-13-9-6-10-14-27)22-25-11-7-5-8-12-25;3-1(4)2(5)6;/h5-18H,3-4,19-20,22-23H2,1-2H3;(H,3,4)(H,5,6);1H2. The Morgan fingerprint density at radius 2 is 1.29 bits per heavy atom. The van der Waals surface area contributed by atoms with Crippen LogP contribution in [0.2, 0.25) is 0 Å². The summed E-state index contributed by atoms with van der Waals surface area (Å²) in [5.41, 5.74) is 2.75. The van der Waals surface area contributed by atoms with Gasteiger partial charge in [-0.25, -0.2) is 9.59 Å². The second-order valence-corrected chi connectivity index (χ2v) is 8.85. The smallest absolute Gasteiger partial charge is 0.414 e. The number of carbonyl (C=O) groups is 4. The molecule has 0 aliphatic heterocycles.